The van der Waals surface area contributed by atoms with Crippen molar-refractivity contribution in [2.45, 2.75) is 13.8 Å². The molecule has 144 valence electrons. The van der Waals surface area contributed by atoms with Crippen LogP contribution in [0.25, 0.3) is 6.08 Å². The molecule has 0 saturated carbocycles. The summed E-state index contributed by atoms with van der Waals surface area (Å²) < 4.78 is 29.5. The first-order chi connectivity index (χ1) is 13.4. The molecule has 28 heavy (non-hydrogen) atoms. The number of esters is 2. The summed E-state index contributed by atoms with van der Waals surface area (Å²) in [6.45, 7) is 3.31. The topological polar surface area (TPSA) is 74.2 Å². The summed E-state index contributed by atoms with van der Waals surface area (Å²) in [5.41, 5.74) is 0.518. The van der Waals surface area contributed by atoms with Crippen molar-refractivity contribution in [3.05, 3.63) is 64.1 Å². The van der Waals surface area contributed by atoms with Gasteiger partial charge in [-0.15, -0.1) is 0 Å². The van der Waals surface area contributed by atoms with Crippen LogP contribution in [0.2, 0.25) is 5.02 Å². The lowest BCUT2D eigenvalue weighted by atomic mass is 10.1. The molecule has 1 aliphatic heterocycles. The third kappa shape index (κ3) is 4.20. The zero-order valence-electron chi connectivity index (χ0n) is 15.0. The second-order valence-corrected chi connectivity index (χ2v) is 6.08. The van der Waals surface area contributed by atoms with Crippen molar-refractivity contribution in [2.24, 2.45) is 4.99 Å². The summed E-state index contributed by atoms with van der Waals surface area (Å²) in [5.74, 6) is -1.63. The fourth-order valence-electron chi connectivity index (χ4n) is 2.49. The molecule has 8 heteroatoms. The van der Waals surface area contributed by atoms with E-state index in [9.17, 15) is 14.0 Å². The van der Waals surface area contributed by atoms with Crippen molar-refractivity contribution >= 4 is 35.5 Å². The van der Waals surface area contributed by atoms with E-state index in [-0.39, 0.29) is 33.7 Å². The van der Waals surface area contributed by atoms with E-state index < -0.39 is 17.8 Å². The van der Waals surface area contributed by atoms with Crippen LogP contribution in [0, 0.1) is 5.82 Å². The molecule has 2 aromatic carbocycles. The second kappa shape index (κ2) is 8.22. The highest BCUT2D eigenvalue weighted by Gasteiger charge is 2.26. The van der Waals surface area contributed by atoms with Gasteiger partial charge in [0.25, 0.3) is 0 Å². The van der Waals surface area contributed by atoms with Crippen LogP contribution in [0.5, 0.6) is 11.5 Å². The summed E-state index contributed by atoms with van der Waals surface area (Å²) in [4.78, 5) is 27.5. The van der Waals surface area contributed by atoms with Gasteiger partial charge in [-0.1, -0.05) is 23.7 Å². The molecule has 0 atom stereocenters. The number of cyclic esters (lactones) is 1. The van der Waals surface area contributed by atoms with Crippen LogP contribution in [0.1, 0.15) is 25.0 Å². The minimum absolute atomic E-state index is 0.0306. The molecule has 0 fully saturated rings. The molecule has 6 nitrogen and oxygen atoms in total. The Hall–Kier alpha value is -3.19. The summed E-state index contributed by atoms with van der Waals surface area (Å²) in [6, 6.07) is 8.87. The molecule has 2 aromatic rings. The molecular formula is C20H15ClFNO5. The summed E-state index contributed by atoms with van der Waals surface area (Å²) >= 11 is 6.19. The maximum absolute atomic E-state index is 13.9. The van der Waals surface area contributed by atoms with Crippen molar-refractivity contribution in [2.75, 3.05) is 6.61 Å². The van der Waals surface area contributed by atoms with Gasteiger partial charge in [0.15, 0.2) is 17.2 Å². The van der Waals surface area contributed by atoms with Crippen LogP contribution < -0.4 is 9.47 Å². The number of rotatable bonds is 5. The summed E-state index contributed by atoms with van der Waals surface area (Å²) in [5, 5.41) is 0.123. The normalized spacial score (nSPS) is 14.6. The van der Waals surface area contributed by atoms with Crippen LogP contribution in [-0.4, -0.2) is 24.4 Å². The number of halogens is 2. The lowest BCUT2D eigenvalue weighted by Gasteiger charge is -2.12. The Labute approximate surface area is 165 Å². The monoisotopic (exact) mass is 403 g/mol. The van der Waals surface area contributed by atoms with Gasteiger partial charge in [0.2, 0.25) is 5.90 Å². The minimum Gasteiger partial charge on any atom is -0.490 e. The molecule has 0 radical (unpaired) electrons. The number of nitrogens with zero attached hydrogens (tertiary/aromatic N) is 1. The zero-order valence-corrected chi connectivity index (χ0v) is 15.7. The molecule has 0 saturated heterocycles. The number of hydrogen-bond donors (Lipinski definition) is 0. The first-order valence-electron chi connectivity index (χ1n) is 8.31. The Kier molecular flexibility index (Phi) is 5.75. The first kappa shape index (κ1) is 19.6. The molecule has 0 spiro atoms. The first-order valence-corrected chi connectivity index (χ1v) is 8.69. The quantitative estimate of drug-likeness (QED) is 0.426. The number of hydrogen-bond acceptors (Lipinski definition) is 6. The van der Waals surface area contributed by atoms with Gasteiger partial charge in [-0.2, -0.15) is 0 Å². The van der Waals surface area contributed by atoms with E-state index in [0.29, 0.717) is 12.2 Å². The average molecular weight is 404 g/mol. The predicted molar refractivity (Wildman–Crippen MR) is 101 cm³/mol. The lowest BCUT2D eigenvalue weighted by molar-refractivity contribution is -0.132. The smallest absolute Gasteiger partial charge is 0.363 e. The molecule has 1 aliphatic rings. The van der Waals surface area contributed by atoms with Crippen LogP contribution >= 0.6 is 11.6 Å². The number of aliphatic imine (C=N–C) groups is 1. The number of carbonyl (C=O) groups is 2. The van der Waals surface area contributed by atoms with Crippen LogP contribution in [0.4, 0.5) is 4.39 Å². The van der Waals surface area contributed by atoms with Crippen molar-refractivity contribution < 1.29 is 28.2 Å². The van der Waals surface area contributed by atoms with Gasteiger partial charge in [0.1, 0.15) is 5.82 Å². The average Bonchev–Trinajstić information content (AvgIpc) is 2.99. The summed E-state index contributed by atoms with van der Waals surface area (Å²) in [7, 11) is 0. The molecule has 0 aromatic heterocycles. The van der Waals surface area contributed by atoms with Crippen molar-refractivity contribution in [1.29, 1.82) is 0 Å². The highest BCUT2D eigenvalue weighted by molar-refractivity contribution is 6.32. The van der Waals surface area contributed by atoms with Crippen LogP contribution in [0.15, 0.2) is 47.1 Å². The van der Waals surface area contributed by atoms with Gasteiger partial charge in [0, 0.05) is 6.92 Å². The molecule has 3 rings (SSSR count). The lowest BCUT2D eigenvalue weighted by Crippen LogP contribution is -2.07. The van der Waals surface area contributed by atoms with E-state index in [1.807, 2.05) is 0 Å². The SMILES string of the molecule is CCOc1cc(/C=C2/N=C(c3ccccc3F)OC2=O)cc(Cl)c1OC(C)=O. The Bertz CT molecular complexity index is 1020. The van der Waals surface area contributed by atoms with Gasteiger partial charge in [-0.3, -0.25) is 4.79 Å². The van der Waals surface area contributed by atoms with Gasteiger partial charge < -0.3 is 14.2 Å². The fourth-order valence-corrected chi connectivity index (χ4v) is 2.75. The predicted octanol–water partition coefficient (Wildman–Crippen LogP) is 4.15. The van der Waals surface area contributed by atoms with Crippen molar-refractivity contribution in [1.82, 2.24) is 0 Å². The molecular weight excluding hydrogens is 389 g/mol. The number of benzene rings is 2. The van der Waals surface area contributed by atoms with Gasteiger partial charge >= 0.3 is 11.9 Å². The van der Waals surface area contributed by atoms with Gasteiger partial charge in [0.05, 0.1) is 17.2 Å². The Morgan fingerprint density at radius 1 is 1.32 bits per heavy atom. The number of ether oxygens (including phenoxy) is 3. The zero-order chi connectivity index (χ0) is 20.3. The highest BCUT2D eigenvalue weighted by atomic mass is 35.5. The van der Waals surface area contributed by atoms with Crippen molar-refractivity contribution in [3.8, 4) is 11.5 Å². The number of carbonyl (C=O) groups excluding carboxylic acids is 2. The highest BCUT2D eigenvalue weighted by Crippen LogP contribution is 2.37. The van der Waals surface area contributed by atoms with Crippen LogP contribution in [0.3, 0.4) is 0 Å². The Balaban J connectivity index is 1.99. The summed E-state index contributed by atoms with van der Waals surface area (Å²) in [6.07, 6.45) is 1.42. The molecule has 0 amide bonds. The largest absolute Gasteiger partial charge is 0.490 e. The van der Waals surface area contributed by atoms with E-state index in [1.165, 1.54) is 37.3 Å². The van der Waals surface area contributed by atoms with Gasteiger partial charge in [-0.05, 0) is 42.8 Å². The molecule has 0 aliphatic carbocycles. The molecule has 1 heterocycles. The van der Waals surface area contributed by atoms with Crippen LogP contribution in [-0.2, 0) is 14.3 Å². The van der Waals surface area contributed by atoms with Crippen molar-refractivity contribution in [3.63, 3.8) is 0 Å². The van der Waals surface area contributed by atoms with E-state index >= 15 is 0 Å². The van der Waals surface area contributed by atoms with E-state index in [1.54, 1.807) is 19.1 Å². The molecule has 0 N–H and O–H groups in total. The molecule has 0 bridgehead atoms. The van der Waals surface area contributed by atoms with E-state index in [2.05, 4.69) is 4.99 Å². The second-order valence-electron chi connectivity index (χ2n) is 5.67. The van der Waals surface area contributed by atoms with E-state index in [0.717, 1.165) is 0 Å². The molecule has 0 unspecified atom stereocenters. The standard InChI is InChI=1S/C20H15ClFNO5/c1-3-26-17-10-12(8-14(21)18(17)27-11(2)24)9-16-20(25)28-19(23-16)13-6-4-5-7-15(13)22/h4-10H,3H2,1-2H3/b16-9+. The van der Waals surface area contributed by atoms with E-state index in [4.69, 9.17) is 25.8 Å². The third-order valence-corrected chi connectivity index (χ3v) is 3.89. The van der Waals surface area contributed by atoms with Gasteiger partial charge in [-0.25, -0.2) is 14.2 Å². The fraction of sp³-hybridized carbons (Fsp3) is 0.150. The maximum Gasteiger partial charge on any atom is 0.363 e. The minimum atomic E-state index is -0.726. The maximum atomic E-state index is 13.9. The Morgan fingerprint density at radius 2 is 2.07 bits per heavy atom. The Morgan fingerprint density at radius 3 is 2.75 bits per heavy atom. The third-order valence-electron chi connectivity index (χ3n) is 3.61.